The first-order valence-electron chi connectivity index (χ1n) is 15.2. The lowest BCUT2D eigenvalue weighted by Crippen LogP contribution is -2.43. The summed E-state index contributed by atoms with van der Waals surface area (Å²) in [6.07, 6.45) is 21.3. The number of ether oxygens (including phenoxy) is 1. The second-order valence-corrected chi connectivity index (χ2v) is 11.7. The number of esters is 1. The van der Waals surface area contributed by atoms with Crippen molar-refractivity contribution in [3.05, 3.63) is 12.2 Å². The molecule has 0 aliphatic carbocycles. The average molecular weight is 608 g/mol. The van der Waals surface area contributed by atoms with Crippen LogP contribution in [0.1, 0.15) is 123 Å². The zero-order valence-corrected chi connectivity index (χ0v) is 26.0. The summed E-state index contributed by atoms with van der Waals surface area (Å²) in [6.45, 7) is 1.86. The minimum Gasteiger partial charge on any atom is -0.480 e. The van der Waals surface area contributed by atoms with Crippen LogP contribution in [0.15, 0.2) is 12.2 Å². The molecular weight excluding hydrogens is 553 g/mol. The molecule has 4 N–H and O–H groups in total. The first kappa shape index (κ1) is 39.2. The van der Waals surface area contributed by atoms with Crippen LogP contribution in [0.25, 0.3) is 0 Å². The Hall–Kier alpha value is -1.78. The van der Waals surface area contributed by atoms with Gasteiger partial charge in [0.1, 0.15) is 12.7 Å². The number of aliphatic carboxylic acids is 1. The van der Waals surface area contributed by atoms with Gasteiger partial charge in [0.05, 0.1) is 13.2 Å². The third-order valence-corrected chi connectivity index (χ3v) is 7.32. The molecule has 0 aromatic heterocycles. The van der Waals surface area contributed by atoms with E-state index in [4.69, 9.17) is 9.84 Å². The van der Waals surface area contributed by atoms with Gasteiger partial charge in [-0.25, -0.2) is 9.36 Å². The molecule has 0 aliphatic heterocycles. The second-order valence-electron chi connectivity index (χ2n) is 10.3. The first-order chi connectivity index (χ1) is 19.6. The second kappa shape index (κ2) is 25.9. The Balaban J connectivity index is 3.75. The lowest BCUT2D eigenvalue weighted by atomic mass is 10.1. The minimum atomic E-state index is -4.71. The van der Waals surface area contributed by atoms with E-state index in [1.807, 2.05) is 0 Å². The third kappa shape index (κ3) is 25.6. The molecule has 240 valence electrons. The zero-order chi connectivity index (χ0) is 30.8. The maximum Gasteiger partial charge on any atom is 0.472 e. The molecule has 0 aromatic rings. The number of aliphatic hydroxyl groups is 1. The zero-order valence-electron chi connectivity index (χ0n) is 25.1. The van der Waals surface area contributed by atoms with Crippen LogP contribution in [0.4, 0.5) is 0 Å². The molecule has 41 heavy (non-hydrogen) atoms. The number of aliphatic hydroxyl groups excluding tert-OH is 1. The SMILES string of the molecule is CCCCCCCC/C=C\CCCCCCCCCC(=O)OCC(O)COP(=O)(O)OCC(NC(=O)CC)C(=O)O. The predicted molar refractivity (Wildman–Crippen MR) is 157 cm³/mol. The van der Waals surface area contributed by atoms with Crippen molar-refractivity contribution in [2.45, 2.75) is 135 Å². The number of carbonyl (C=O) groups excluding carboxylic acids is 2. The van der Waals surface area contributed by atoms with Crippen molar-refractivity contribution in [2.24, 2.45) is 0 Å². The number of rotatable bonds is 28. The average Bonchev–Trinajstić information content (AvgIpc) is 2.94. The van der Waals surface area contributed by atoms with E-state index >= 15 is 0 Å². The van der Waals surface area contributed by atoms with E-state index in [0.29, 0.717) is 6.42 Å². The molecule has 0 aliphatic rings. The minimum absolute atomic E-state index is 0.0274. The Morgan fingerprint density at radius 2 is 1.29 bits per heavy atom. The quantitative estimate of drug-likeness (QED) is 0.0368. The summed E-state index contributed by atoms with van der Waals surface area (Å²) in [5, 5.41) is 21.0. The summed E-state index contributed by atoms with van der Waals surface area (Å²) < 4.78 is 26.1. The number of nitrogens with one attached hydrogen (secondary N) is 1. The Morgan fingerprint density at radius 3 is 1.83 bits per heavy atom. The summed E-state index contributed by atoms with van der Waals surface area (Å²) in [6, 6.07) is -1.54. The summed E-state index contributed by atoms with van der Waals surface area (Å²) >= 11 is 0. The molecule has 0 fully saturated rings. The van der Waals surface area contributed by atoms with Crippen LogP contribution in [-0.4, -0.2) is 64.9 Å². The van der Waals surface area contributed by atoms with Crippen LogP contribution >= 0.6 is 7.82 Å². The Labute approximate surface area is 246 Å². The van der Waals surface area contributed by atoms with Gasteiger partial charge in [-0.3, -0.25) is 18.6 Å². The van der Waals surface area contributed by atoms with Gasteiger partial charge in [-0.15, -0.1) is 0 Å². The van der Waals surface area contributed by atoms with Crippen molar-refractivity contribution < 1.29 is 47.8 Å². The molecule has 0 saturated heterocycles. The lowest BCUT2D eigenvalue weighted by Gasteiger charge is -2.18. The van der Waals surface area contributed by atoms with Gasteiger partial charge in [0.25, 0.3) is 0 Å². The smallest absolute Gasteiger partial charge is 0.472 e. The van der Waals surface area contributed by atoms with Gasteiger partial charge in [0.15, 0.2) is 6.04 Å². The van der Waals surface area contributed by atoms with E-state index in [1.165, 1.54) is 71.1 Å². The number of carboxylic acids is 1. The maximum absolute atomic E-state index is 11.9. The predicted octanol–water partition coefficient (Wildman–Crippen LogP) is 5.82. The fourth-order valence-corrected chi connectivity index (χ4v) is 4.63. The number of phosphoric acid groups is 1. The van der Waals surface area contributed by atoms with Crippen LogP contribution < -0.4 is 5.32 Å². The summed E-state index contributed by atoms with van der Waals surface area (Å²) in [5.41, 5.74) is 0. The highest BCUT2D eigenvalue weighted by molar-refractivity contribution is 7.47. The van der Waals surface area contributed by atoms with Crippen LogP contribution in [0.2, 0.25) is 0 Å². The van der Waals surface area contributed by atoms with Gasteiger partial charge < -0.3 is 25.2 Å². The van der Waals surface area contributed by atoms with Crippen LogP contribution in [0.5, 0.6) is 0 Å². The summed E-state index contributed by atoms with van der Waals surface area (Å²) in [4.78, 5) is 44.0. The third-order valence-electron chi connectivity index (χ3n) is 6.37. The van der Waals surface area contributed by atoms with Crippen molar-refractivity contribution in [1.29, 1.82) is 0 Å². The fraction of sp³-hybridized carbons (Fsp3) is 0.828. The molecule has 0 rings (SSSR count). The Bertz CT molecular complexity index is 777. The monoisotopic (exact) mass is 607 g/mol. The van der Waals surface area contributed by atoms with Crippen molar-refractivity contribution in [3.63, 3.8) is 0 Å². The normalized spacial score (nSPS) is 14.4. The summed E-state index contributed by atoms with van der Waals surface area (Å²) in [5.74, 6) is -2.49. The van der Waals surface area contributed by atoms with Gasteiger partial charge in [-0.2, -0.15) is 0 Å². The van der Waals surface area contributed by atoms with Crippen molar-refractivity contribution in [2.75, 3.05) is 19.8 Å². The van der Waals surface area contributed by atoms with E-state index < -0.39 is 57.6 Å². The molecule has 12 heteroatoms. The number of phosphoric ester groups is 1. The first-order valence-corrected chi connectivity index (χ1v) is 16.7. The number of allylic oxidation sites excluding steroid dienone is 2. The molecule has 0 spiro atoms. The molecule has 0 bridgehead atoms. The van der Waals surface area contributed by atoms with Crippen LogP contribution in [0, 0.1) is 0 Å². The van der Waals surface area contributed by atoms with E-state index in [9.17, 15) is 28.9 Å². The number of amides is 1. The lowest BCUT2D eigenvalue weighted by molar-refractivity contribution is -0.147. The van der Waals surface area contributed by atoms with E-state index in [0.717, 1.165) is 25.7 Å². The number of unbranched alkanes of at least 4 members (excludes halogenated alkanes) is 13. The Kier molecular flexibility index (Phi) is 24.8. The standard InChI is InChI=1S/C29H54NO10P/c1-3-5-6-7-8-9-10-11-12-13-14-15-16-17-18-19-20-21-28(33)38-22-25(31)23-39-41(36,37)40-24-26(29(34)35)30-27(32)4-2/h11-12,25-26,31H,3-10,13-24H2,1-2H3,(H,30,32)(H,34,35)(H,36,37)/b12-11-. The van der Waals surface area contributed by atoms with Crippen LogP contribution in [0.3, 0.4) is 0 Å². The molecule has 0 heterocycles. The molecule has 3 atom stereocenters. The van der Waals surface area contributed by atoms with E-state index in [2.05, 4.69) is 33.4 Å². The Morgan fingerprint density at radius 1 is 0.780 bits per heavy atom. The van der Waals surface area contributed by atoms with Gasteiger partial charge in [0, 0.05) is 12.8 Å². The van der Waals surface area contributed by atoms with Gasteiger partial charge in [-0.1, -0.05) is 90.2 Å². The largest absolute Gasteiger partial charge is 0.480 e. The van der Waals surface area contributed by atoms with Gasteiger partial charge in [0.2, 0.25) is 5.91 Å². The van der Waals surface area contributed by atoms with Crippen molar-refractivity contribution >= 4 is 25.7 Å². The molecule has 0 radical (unpaired) electrons. The number of hydrogen-bond acceptors (Lipinski definition) is 8. The summed E-state index contributed by atoms with van der Waals surface area (Å²) in [7, 11) is -4.71. The molecule has 1 amide bonds. The molecule has 0 saturated carbocycles. The van der Waals surface area contributed by atoms with Crippen LogP contribution in [-0.2, 0) is 32.7 Å². The highest BCUT2D eigenvalue weighted by Gasteiger charge is 2.28. The van der Waals surface area contributed by atoms with Gasteiger partial charge >= 0.3 is 19.8 Å². The molecular formula is C29H54NO10P. The highest BCUT2D eigenvalue weighted by Crippen LogP contribution is 2.43. The van der Waals surface area contributed by atoms with E-state index in [-0.39, 0.29) is 12.8 Å². The number of carboxylic acid groups (broad SMARTS) is 1. The van der Waals surface area contributed by atoms with E-state index in [1.54, 1.807) is 0 Å². The molecule has 0 aromatic carbocycles. The number of carbonyl (C=O) groups is 3. The fourth-order valence-electron chi connectivity index (χ4n) is 3.86. The van der Waals surface area contributed by atoms with Gasteiger partial charge in [-0.05, 0) is 32.1 Å². The maximum atomic E-state index is 11.9. The van der Waals surface area contributed by atoms with Crippen molar-refractivity contribution in [3.8, 4) is 0 Å². The molecule has 3 unspecified atom stereocenters. The number of hydrogen-bond donors (Lipinski definition) is 4. The molecule has 11 nitrogen and oxygen atoms in total. The van der Waals surface area contributed by atoms with Crippen molar-refractivity contribution in [1.82, 2.24) is 5.32 Å². The topological polar surface area (TPSA) is 169 Å². The highest BCUT2D eigenvalue weighted by atomic mass is 31.2.